The first-order valence-corrected chi connectivity index (χ1v) is 14.7. The molecular weight excluding hydrogens is 521 g/mol. The van der Waals surface area contributed by atoms with E-state index < -0.39 is 28.5 Å². The number of benzene rings is 2. The number of carbonyl (C=O) groups is 2. The predicted octanol–water partition coefficient (Wildman–Crippen LogP) is 5.05. The number of para-hydroxylation sites is 1. The van der Waals surface area contributed by atoms with Crippen LogP contribution < -0.4 is 9.62 Å². The van der Waals surface area contributed by atoms with Crippen LogP contribution in [0.15, 0.2) is 42.5 Å². The number of nitrogens with one attached hydrogen (secondary N) is 1. The van der Waals surface area contributed by atoms with Crippen molar-refractivity contribution in [2.75, 3.05) is 23.7 Å². The maximum Gasteiger partial charge on any atom is 0.244 e. The lowest BCUT2D eigenvalue weighted by Crippen LogP contribution is -2.52. The highest BCUT2D eigenvalue weighted by molar-refractivity contribution is 7.92. The summed E-state index contributed by atoms with van der Waals surface area (Å²) in [5, 5.41) is 3.61. The number of rotatable bonds is 13. The number of halogens is 2. The first-order chi connectivity index (χ1) is 17.0. The molecule has 2 aromatic rings. The molecule has 0 radical (unpaired) electrons. The van der Waals surface area contributed by atoms with E-state index in [9.17, 15) is 18.0 Å². The van der Waals surface area contributed by atoms with Crippen LogP contribution in [0, 0.1) is 0 Å². The fourth-order valence-electron chi connectivity index (χ4n) is 3.91. The van der Waals surface area contributed by atoms with E-state index in [2.05, 4.69) is 5.32 Å². The standard InChI is InChI=1S/C26H35Cl2N3O4S/c1-5-8-15-29-26(33)23(7-3)30(17-19-13-14-21(27)22(28)16-19)25(32)18-31(36(4,34)35)24-12-10-9-11-20(24)6-2/h9-14,16,23H,5-8,15,17-18H2,1-4H3,(H,29,33). The summed E-state index contributed by atoms with van der Waals surface area (Å²) in [7, 11) is -3.79. The second-order valence-electron chi connectivity index (χ2n) is 8.59. The van der Waals surface area contributed by atoms with E-state index in [1.54, 1.807) is 30.3 Å². The van der Waals surface area contributed by atoms with Gasteiger partial charge in [-0.1, -0.05) is 74.7 Å². The number of nitrogens with zero attached hydrogens (tertiary/aromatic N) is 2. The molecule has 0 aliphatic rings. The topological polar surface area (TPSA) is 86.8 Å². The number of unbranched alkanes of at least 4 members (excludes halogenated alkanes) is 1. The van der Waals surface area contributed by atoms with Gasteiger partial charge in [0.1, 0.15) is 12.6 Å². The highest BCUT2D eigenvalue weighted by atomic mass is 35.5. The lowest BCUT2D eigenvalue weighted by Gasteiger charge is -2.33. The van der Waals surface area contributed by atoms with Gasteiger partial charge in [-0.2, -0.15) is 0 Å². The largest absolute Gasteiger partial charge is 0.354 e. The zero-order valence-electron chi connectivity index (χ0n) is 21.3. The van der Waals surface area contributed by atoms with Crippen molar-refractivity contribution in [3.63, 3.8) is 0 Å². The van der Waals surface area contributed by atoms with E-state index in [0.717, 1.165) is 29.0 Å². The third-order valence-corrected chi connectivity index (χ3v) is 7.74. The van der Waals surface area contributed by atoms with Gasteiger partial charge < -0.3 is 10.2 Å². The van der Waals surface area contributed by atoms with E-state index in [1.165, 1.54) is 4.90 Å². The minimum Gasteiger partial charge on any atom is -0.354 e. The number of hydrogen-bond donors (Lipinski definition) is 1. The summed E-state index contributed by atoms with van der Waals surface area (Å²) in [6, 6.07) is 11.3. The lowest BCUT2D eigenvalue weighted by molar-refractivity contribution is -0.140. The number of aryl methyl sites for hydroxylation is 1. The summed E-state index contributed by atoms with van der Waals surface area (Å²) >= 11 is 12.2. The summed E-state index contributed by atoms with van der Waals surface area (Å²) in [6.45, 7) is 5.90. The van der Waals surface area contributed by atoms with Gasteiger partial charge in [0.2, 0.25) is 21.8 Å². The zero-order chi connectivity index (χ0) is 26.9. The lowest BCUT2D eigenvalue weighted by atomic mass is 10.1. The van der Waals surface area contributed by atoms with Crippen molar-refractivity contribution in [3.05, 3.63) is 63.6 Å². The van der Waals surface area contributed by atoms with Crippen molar-refractivity contribution in [1.29, 1.82) is 0 Å². The molecule has 1 unspecified atom stereocenters. The van der Waals surface area contributed by atoms with Crippen molar-refractivity contribution in [3.8, 4) is 0 Å². The number of hydrogen-bond acceptors (Lipinski definition) is 4. The van der Waals surface area contributed by atoms with Gasteiger partial charge in [0.05, 0.1) is 22.0 Å². The van der Waals surface area contributed by atoms with Crippen LogP contribution in [0.2, 0.25) is 10.0 Å². The van der Waals surface area contributed by atoms with Gasteiger partial charge in [0, 0.05) is 13.1 Å². The number of carbonyl (C=O) groups excluding carboxylic acids is 2. The molecule has 0 spiro atoms. The molecule has 0 aromatic heterocycles. The Morgan fingerprint density at radius 3 is 2.31 bits per heavy atom. The molecule has 0 heterocycles. The smallest absolute Gasteiger partial charge is 0.244 e. The van der Waals surface area contributed by atoms with Gasteiger partial charge >= 0.3 is 0 Å². The fourth-order valence-corrected chi connectivity index (χ4v) is 5.11. The van der Waals surface area contributed by atoms with Crippen LogP contribution in [-0.2, 0) is 32.6 Å². The van der Waals surface area contributed by atoms with Gasteiger partial charge in [-0.15, -0.1) is 0 Å². The predicted molar refractivity (Wildman–Crippen MR) is 147 cm³/mol. The maximum absolute atomic E-state index is 13.7. The van der Waals surface area contributed by atoms with E-state index in [4.69, 9.17) is 23.2 Å². The Labute approximate surface area is 224 Å². The molecule has 0 saturated carbocycles. The van der Waals surface area contributed by atoms with Gasteiger partial charge in [0.15, 0.2) is 0 Å². The molecule has 1 N–H and O–H groups in total. The minimum absolute atomic E-state index is 0.0719. The average molecular weight is 557 g/mol. The maximum atomic E-state index is 13.7. The Morgan fingerprint density at radius 2 is 1.72 bits per heavy atom. The third-order valence-electron chi connectivity index (χ3n) is 5.87. The minimum atomic E-state index is -3.79. The van der Waals surface area contributed by atoms with Crippen LogP contribution in [0.25, 0.3) is 0 Å². The van der Waals surface area contributed by atoms with Crippen LogP contribution in [0.1, 0.15) is 51.2 Å². The molecule has 10 heteroatoms. The summed E-state index contributed by atoms with van der Waals surface area (Å²) in [4.78, 5) is 28.2. The van der Waals surface area contributed by atoms with Crippen molar-refractivity contribution in [2.24, 2.45) is 0 Å². The van der Waals surface area contributed by atoms with Gasteiger partial charge in [0.25, 0.3) is 0 Å². The van der Waals surface area contributed by atoms with E-state index >= 15 is 0 Å². The second kappa shape index (κ2) is 13.9. The van der Waals surface area contributed by atoms with Crippen LogP contribution in [0.5, 0.6) is 0 Å². The molecule has 0 aliphatic carbocycles. The second-order valence-corrected chi connectivity index (χ2v) is 11.3. The van der Waals surface area contributed by atoms with Crippen molar-refractivity contribution < 1.29 is 18.0 Å². The van der Waals surface area contributed by atoms with Crippen LogP contribution in [0.3, 0.4) is 0 Å². The Balaban J connectivity index is 2.46. The Morgan fingerprint density at radius 1 is 1.03 bits per heavy atom. The molecule has 1 atom stereocenters. The van der Waals surface area contributed by atoms with Gasteiger partial charge in [-0.25, -0.2) is 8.42 Å². The van der Waals surface area contributed by atoms with E-state index in [-0.39, 0.29) is 12.5 Å². The molecular formula is C26H35Cl2N3O4S. The van der Waals surface area contributed by atoms with Crippen molar-refractivity contribution in [1.82, 2.24) is 10.2 Å². The Bertz CT molecular complexity index is 1160. The Hall–Kier alpha value is -2.29. The molecule has 2 aromatic carbocycles. The van der Waals surface area contributed by atoms with Crippen LogP contribution in [0.4, 0.5) is 5.69 Å². The highest BCUT2D eigenvalue weighted by Crippen LogP contribution is 2.26. The van der Waals surface area contributed by atoms with Crippen LogP contribution >= 0.6 is 23.2 Å². The first-order valence-electron chi connectivity index (χ1n) is 12.1. The van der Waals surface area contributed by atoms with Gasteiger partial charge in [-0.05, 0) is 48.6 Å². The average Bonchev–Trinajstić information content (AvgIpc) is 2.83. The summed E-state index contributed by atoms with van der Waals surface area (Å²) in [5.74, 6) is -0.769. The molecule has 0 bridgehead atoms. The van der Waals surface area contributed by atoms with Crippen molar-refractivity contribution >= 4 is 50.7 Å². The summed E-state index contributed by atoms with van der Waals surface area (Å²) < 4.78 is 26.7. The van der Waals surface area contributed by atoms with E-state index in [0.29, 0.717) is 40.7 Å². The molecule has 0 saturated heterocycles. The quantitative estimate of drug-likeness (QED) is 0.350. The van der Waals surface area contributed by atoms with Gasteiger partial charge in [-0.3, -0.25) is 13.9 Å². The number of anilines is 1. The van der Waals surface area contributed by atoms with Crippen molar-refractivity contribution in [2.45, 2.75) is 59.0 Å². The highest BCUT2D eigenvalue weighted by Gasteiger charge is 2.32. The number of amides is 2. The fraction of sp³-hybridized carbons (Fsp3) is 0.462. The SMILES string of the molecule is CCCCNC(=O)C(CC)N(Cc1ccc(Cl)c(Cl)c1)C(=O)CN(c1ccccc1CC)S(C)(=O)=O. The molecule has 198 valence electrons. The molecule has 0 fully saturated rings. The third kappa shape index (κ3) is 8.11. The Kier molecular flexibility index (Phi) is 11.5. The first kappa shape index (κ1) is 29.9. The van der Waals surface area contributed by atoms with E-state index in [1.807, 2.05) is 32.9 Å². The monoisotopic (exact) mass is 555 g/mol. The molecule has 7 nitrogen and oxygen atoms in total. The molecule has 36 heavy (non-hydrogen) atoms. The molecule has 2 amide bonds. The molecule has 0 aliphatic heterocycles. The number of sulfonamides is 1. The normalized spacial score (nSPS) is 12.2. The molecule has 2 rings (SSSR count). The zero-order valence-corrected chi connectivity index (χ0v) is 23.6. The summed E-state index contributed by atoms with van der Waals surface area (Å²) in [5.41, 5.74) is 1.93. The summed E-state index contributed by atoms with van der Waals surface area (Å²) in [6.07, 6.45) is 3.77. The van der Waals surface area contributed by atoms with Crippen LogP contribution in [-0.4, -0.2) is 50.5 Å².